The summed E-state index contributed by atoms with van der Waals surface area (Å²) in [5.74, 6) is 0.267. The van der Waals surface area contributed by atoms with E-state index < -0.39 is 5.54 Å². The third-order valence-electron chi connectivity index (χ3n) is 5.65. The molecule has 2 saturated carbocycles. The van der Waals surface area contributed by atoms with Gasteiger partial charge in [-0.2, -0.15) is 0 Å². The molecule has 1 saturated heterocycles. The lowest BCUT2D eigenvalue weighted by Gasteiger charge is -2.39. The van der Waals surface area contributed by atoms with E-state index in [4.69, 9.17) is 0 Å². The Morgan fingerprint density at radius 2 is 1.81 bits per heavy atom. The molecule has 4 nitrogen and oxygen atoms in total. The van der Waals surface area contributed by atoms with Crippen LogP contribution in [0.15, 0.2) is 0 Å². The van der Waals surface area contributed by atoms with Gasteiger partial charge >= 0.3 is 0 Å². The Hall–Kier alpha value is -1.06. The van der Waals surface area contributed by atoms with Crippen molar-refractivity contribution in [1.29, 1.82) is 0 Å². The summed E-state index contributed by atoms with van der Waals surface area (Å²) in [7, 11) is 0. The van der Waals surface area contributed by atoms with E-state index in [9.17, 15) is 9.59 Å². The van der Waals surface area contributed by atoms with Gasteiger partial charge in [-0.15, -0.1) is 0 Å². The molecule has 3 aliphatic rings. The lowest BCUT2D eigenvalue weighted by atomic mass is 9.80. The van der Waals surface area contributed by atoms with Crippen molar-refractivity contribution in [2.45, 2.75) is 76.7 Å². The lowest BCUT2D eigenvalue weighted by Crippen LogP contribution is -2.58. The van der Waals surface area contributed by atoms with Gasteiger partial charge in [0.2, 0.25) is 11.8 Å². The van der Waals surface area contributed by atoms with E-state index in [-0.39, 0.29) is 11.8 Å². The van der Waals surface area contributed by atoms with Crippen LogP contribution >= 0.6 is 0 Å². The van der Waals surface area contributed by atoms with Crippen molar-refractivity contribution in [1.82, 2.24) is 10.2 Å². The van der Waals surface area contributed by atoms with Crippen molar-refractivity contribution in [2.75, 3.05) is 13.1 Å². The largest absolute Gasteiger partial charge is 0.342 e. The first-order valence-electron chi connectivity index (χ1n) is 8.70. The number of nitrogens with one attached hydrogen (secondary N) is 1. The van der Waals surface area contributed by atoms with E-state index in [1.54, 1.807) is 0 Å². The molecule has 0 unspecified atom stereocenters. The Bertz CT molecular complexity index is 423. The minimum Gasteiger partial charge on any atom is -0.342 e. The van der Waals surface area contributed by atoms with Crippen LogP contribution in [0.4, 0.5) is 0 Å². The highest BCUT2D eigenvalue weighted by Gasteiger charge is 2.49. The summed E-state index contributed by atoms with van der Waals surface area (Å²) < 4.78 is 0. The van der Waals surface area contributed by atoms with Gasteiger partial charge in [-0.25, -0.2) is 0 Å². The maximum atomic E-state index is 13.1. The molecule has 2 amide bonds. The summed E-state index contributed by atoms with van der Waals surface area (Å²) in [5, 5.41) is 3.08. The number of hydrogen-bond acceptors (Lipinski definition) is 2. The number of hydrogen-bond donors (Lipinski definition) is 1. The second-order valence-electron chi connectivity index (χ2n) is 7.42. The van der Waals surface area contributed by atoms with Crippen molar-refractivity contribution in [3.05, 3.63) is 0 Å². The molecule has 0 aromatic rings. The molecule has 0 aromatic carbocycles. The van der Waals surface area contributed by atoms with Crippen LogP contribution in [0, 0.1) is 5.41 Å². The first-order valence-corrected chi connectivity index (χ1v) is 8.70. The van der Waals surface area contributed by atoms with Crippen LogP contribution in [-0.4, -0.2) is 35.3 Å². The first kappa shape index (κ1) is 14.9. The molecular formula is C17H28N2O2. The van der Waals surface area contributed by atoms with Crippen molar-refractivity contribution in [2.24, 2.45) is 5.41 Å². The van der Waals surface area contributed by atoms with Gasteiger partial charge < -0.3 is 10.2 Å². The minimum atomic E-state index is -0.575. The molecule has 3 rings (SSSR count). The summed E-state index contributed by atoms with van der Waals surface area (Å²) in [6, 6.07) is 0. The highest BCUT2D eigenvalue weighted by Crippen LogP contribution is 2.50. The molecule has 1 aliphatic heterocycles. The quantitative estimate of drug-likeness (QED) is 0.866. The number of carbonyl (C=O) groups excluding carboxylic acids is 2. The van der Waals surface area contributed by atoms with E-state index in [2.05, 4.69) is 12.2 Å². The van der Waals surface area contributed by atoms with Crippen LogP contribution in [0.5, 0.6) is 0 Å². The highest BCUT2D eigenvalue weighted by molar-refractivity contribution is 5.93. The van der Waals surface area contributed by atoms with Gasteiger partial charge in [0.05, 0.1) is 0 Å². The monoisotopic (exact) mass is 292 g/mol. The van der Waals surface area contributed by atoms with E-state index in [1.807, 2.05) is 4.90 Å². The number of rotatable bonds is 4. The third-order valence-corrected chi connectivity index (χ3v) is 5.65. The van der Waals surface area contributed by atoms with E-state index in [0.717, 1.165) is 32.2 Å². The van der Waals surface area contributed by atoms with Crippen LogP contribution < -0.4 is 5.32 Å². The van der Waals surface area contributed by atoms with Crippen molar-refractivity contribution in [3.8, 4) is 0 Å². The van der Waals surface area contributed by atoms with Crippen LogP contribution in [0.1, 0.15) is 71.1 Å². The highest BCUT2D eigenvalue weighted by atomic mass is 16.2. The summed E-state index contributed by atoms with van der Waals surface area (Å²) in [5.41, 5.74) is -0.207. The van der Waals surface area contributed by atoms with Crippen molar-refractivity contribution < 1.29 is 9.59 Å². The first-order chi connectivity index (χ1) is 10.1. The lowest BCUT2D eigenvalue weighted by molar-refractivity contribution is -0.141. The van der Waals surface area contributed by atoms with Crippen molar-refractivity contribution in [3.63, 3.8) is 0 Å². The van der Waals surface area contributed by atoms with Gasteiger partial charge in [0, 0.05) is 19.5 Å². The Labute approximate surface area is 127 Å². The fourth-order valence-electron chi connectivity index (χ4n) is 4.27. The van der Waals surface area contributed by atoms with Gasteiger partial charge in [0.15, 0.2) is 0 Å². The Morgan fingerprint density at radius 3 is 2.43 bits per heavy atom. The minimum absolute atomic E-state index is 0.0630. The molecule has 1 spiro atoms. The normalized spacial score (nSPS) is 27.4. The Kier molecular flexibility index (Phi) is 3.98. The van der Waals surface area contributed by atoms with Crippen LogP contribution in [0.25, 0.3) is 0 Å². The Balaban J connectivity index is 1.77. The molecule has 3 fully saturated rings. The predicted molar refractivity (Wildman–Crippen MR) is 81.7 cm³/mol. The molecule has 0 bridgehead atoms. The zero-order chi connectivity index (χ0) is 14.9. The third kappa shape index (κ3) is 2.95. The van der Waals surface area contributed by atoms with E-state index in [0.29, 0.717) is 18.4 Å². The summed E-state index contributed by atoms with van der Waals surface area (Å²) in [6.07, 6.45) is 10.3. The molecule has 0 atom stereocenters. The molecular weight excluding hydrogens is 264 g/mol. The van der Waals surface area contributed by atoms with Gasteiger partial charge in [-0.1, -0.05) is 32.6 Å². The fourth-order valence-corrected chi connectivity index (χ4v) is 4.27. The molecule has 118 valence electrons. The van der Waals surface area contributed by atoms with Crippen molar-refractivity contribution >= 4 is 11.8 Å². The number of nitrogens with zero attached hydrogens (tertiary/aromatic N) is 1. The zero-order valence-electron chi connectivity index (χ0n) is 13.2. The maximum Gasteiger partial charge on any atom is 0.248 e. The van der Waals surface area contributed by atoms with E-state index in [1.165, 1.54) is 32.1 Å². The van der Waals surface area contributed by atoms with Crippen LogP contribution in [0.3, 0.4) is 0 Å². The second kappa shape index (κ2) is 5.62. The summed E-state index contributed by atoms with van der Waals surface area (Å²) >= 11 is 0. The van der Waals surface area contributed by atoms with Gasteiger partial charge in [0.1, 0.15) is 5.54 Å². The summed E-state index contributed by atoms with van der Waals surface area (Å²) in [6.45, 7) is 3.70. The molecule has 21 heavy (non-hydrogen) atoms. The molecule has 1 heterocycles. The molecule has 4 heteroatoms. The topological polar surface area (TPSA) is 49.4 Å². The van der Waals surface area contributed by atoms with Gasteiger partial charge in [-0.3, -0.25) is 9.59 Å². The molecule has 0 radical (unpaired) electrons. The zero-order valence-corrected chi connectivity index (χ0v) is 13.2. The van der Waals surface area contributed by atoms with Crippen LogP contribution in [-0.2, 0) is 9.59 Å². The average Bonchev–Trinajstić information content (AvgIpc) is 3.24. The number of carbonyl (C=O) groups is 2. The SMILES string of the molecule is CCCC1(CN2CCC(=O)NC3(CCCCC3)C2=O)CC1. The fraction of sp³-hybridized carbons (Fsp3) is 0.882. The Morgan fingerprint density at radius 1 is 1.10 bits per heavy atom. The van der Waals surface area contributed by atoms with Gasteiger partial charge in [0.25, 0.3) is 0 Å². The molecule has 2 aliphatic carbocycles. The van der Waals surface area contributed by atoms with E-state index >= 15 is 0 Å². The average molecular weight is 292 g/mol. The standard InChI is InChI=1S/C17H28N2O2/c1-2-7-16(10-11-16)13-19-12-6-14(20)18-17(15(19)21)8-4-3-5-9-17/h2-13H2,1H3,(H,18,20). The maximum absolute atomic E-state index is 13.1. The predicted octanol–water partition coefficient (Wildman–Crippen LogP) is 2.62. The summed E-state index contributed by atoms with van der Waals surface area (Å²) in [4.78, 5) is 27.2. The molecule has 0 aromatic heterocycles. The smallest absolute Gasteiger partial charge is 0.248 e. The van der Waals surface area contributed by atoms with Crippen LogP contribution in [0.2, 0.25) is 0 Å². The second-order valence-corrected chi connectivity index (χ2v) is 7.42. The molecule has 1 N–H and O–H groups in total. The number of amides is 2. The van der Waals surface area contributed by atoms with Gasteiger partial charge in [-0.05, 0) is 37.5 Å².